The molecule has 1 rings (SSSR count). The monoisotopic (exact) mass is 237 g/mol. The fraction of sp³-hybridized carbons (Fsp3) is 0.571. The number of nitrogens with two attached hydrogens (primary N) is 1. The standard InChI is InChI=1S/C14H23NO2/c1-4-8-17-13-7-6-12(9-11(3)15)14(10-13)16-5-2/h6-7,10-11H,4-5,8-9,15H2,1-3H3. The highest BCUT2D eigenvalue weighted by atomic mass is 16.5. The van der Waals surface area contributed by atoms with Gasteiger partial charge in [-0.15, -0.1) is 0 Å². The smallest absolute Gasteiger partial charge is 0.126 e. The van der Waals surface area contributed by atoms with Gasteiger partial charge in [-0.25, -0.2) is 0 Å². The first-order valence-electron chi connectivity index (χ1n) is 6.31. The van der Waals surface area contributed by atoms with Crippen LogP contribution in [0.3, 0.4) is 0 Å². The van der Waals surface area contributed by atoms with Crippen LogP contribution >= 0.6 is 0 Å². The molecule has 0 aliphatic carbocycles. The van der Waals surface area contributed by atoms with Crippen LogP contribution in [0.25, 0.3) is 0 Å². The van der Waals surface area contributed by atoms with Crippen molar-refractivity contribution < 1.29 is 9.47 Å². The van der Waals surface area contributed by atoms with Crippen LogP contribution in [0.1, 0.15) is 32.8 Å². The van der Waals surface area contributed by atoms with Crippen LogP contribution in [0.5, 0.6) is 11.5 Å². The normalized spacial score (nSPS) is 12.2. The topological polar surface area (TPSA) is 44.5 Å². The lowest BCUT2D eigenvalue weighted by molar-refractivity contribution is 0.307. The molecule has 96 valence electrons. The van der Waals surface area contributed by atoms with E-state index in [2.05, 4.69) is 6.92 Å². The molecular weight excluding hydrogens is 214 g/mol. The van der Waals surface area contributed by atoms with E-state index in [0.29, 0.717) is 6.61 Å². The summed E-state index contributed by atoms with van der Waals surface area (Å²) in [4.78, 5) is 0. The van der Waals surface area contributed by atoms with Crippen LogP contribution in [-0.4, -0.2) is 19.3 Å². The Hall–Kier alpha value is -1.22. The molecule has 3 nitrogen and oxygen atoms in total. The van der Waals surface area contributed by atoms with Crippen molar-refractivity contribution in [2.75, 3.05) is 13.2 Å². The molecule has 0 saturated heterocycles. The fourth-order valence-corrected chi connectivity index (χ4v) is 1.65. The third kappa shape index (κ3) is 4.65. The quantitative estimate of drug-likeness (QED) is 0.793. The fourth-order valence-electron chi connectivity index (χ4n) is 1.65. The van der Waals surface area contributed by atoms with Crippen molar-refractivity contribution in [3.8, 4) is 11.5 Å². The zero-order valence-corrected chi connectivity index (χ0v) is 11.0. The molecule has 3 heteroatoms. The maximum absolute atomic E-state index is 5.82. The van der Waals surface area contributed by atoms with Crippen molar-refractivity contribution in [1.82, 2.24) is 0 Å². The zero-order chi connectivity index (χ0) is 12.7. The molecule has 0 bridgehead atoms. The predicted octanol–water partition coefficient (Wildman–Crippen LogP) is 2.76. The number of hydrogen-bond acceptors (Lipinski definition) is 3. The van der Waals surface area contributed by atoms with Crippen molar-refractivity contribution in [2.24, 2.45) is 5.73 Å². The molecular formula is C14H23NO2. The first kappa shape index (κ1) is 13.8. The van der Waals surface area contributed by atoms with Gasteiger partial charge in [0.2, 0.25) is 0 Å². The largest absolute Gasteiger partial charge is 0.493 e. The molecule has 1 aromatic carbocycles. The molecule has 1 atom stereocenters. The lowest BCUT2D eigenvalue weighted by Gasteiger charge is -2.14. The van der Waals surface area contributed by atoms with Gasteiger partial charge >= 0.3 is 0 Å². The van der Waals surface area contributed by atoms with Gasteiger partial charge in [-0.05, 0) is 38.3 Å². The Kier molecular flexibility index (Phi) is 5.84. The highest BCUT2D eigenvalue weighted by Gasteiger charge is 2.07. The lowest BCUT2D eigenvalue weighted by atomic mass is 10.1. The van der Waals surface area contributed by atoms with E-state index in [-0.39, 0.29) is 6.04 Å². The summed E-state index contributed by atoms with van der Waals surface area (Å²) in [7, 11) is 0. The van der Waals surface area contributed by atoms with Gasteiger partial charge in [-0.3, -0.25) is 0 Å². The van der Waals surface area contributed by atoms with Crippen LogP contribution in [0.15, 0.2) is 18.2 Å². The molecule has 0 radical (unpaired) electrons. The van der Waals surface area contributed by atoms with Gasteiger partial charge in [0.1, 0.15) is 11.5 Å². The van der Waals surface area contributed by atoms with E-state index >= 15 is 0 Å². The molecule has 1 aromatic rings. The van der Waals surface area contributed by atoms with Crippen molar-refractivity contribution in [3.05, 3.63) is 23.8 Å². The highest BCUT2D eigenvalue weighted by molar-refractivity contribution is 5.41. The first-order chi connectivity index (χ1) is 8.17. The lowest BCUT2D eigenvalue weighted by Crippen LogP contribution is -2.18. The van der Waals surface area contributed by atoms with E-state index in [1.165, 1.54) is 0 Å². The van der Waals surface area contributed by atoms with Crippen LogP contribution < -0.4 is 15.2 Å². The summed E-state index contributed by atoms with van der Waals surface area (Å²) in [5.41, 5.74) is 6.97. The molecule has 1 unspecified atom stereocenters. The molecule has 0 amide bonds. The summed E-state index contributed by atoms with van der Waals surface area (Å²) in [6, 6.07) is 6.11. The second kappa shape index (κ2) is 7.17. The third-order valence-corrected chi connectivity index (χ3v) is 2.35. The van der Waals surface area contributed by atoms with Gasteiger partial charge in [0.05, 0.1) is 13.2 Å². The molecule has 0 spiro atoms. The second-order valence-corrected chi connectivity index (χ2v) is 4.23. The van der Waals surface area contributed by atoms with Crippen molar-refractivity contribution in [2.45, 2.75) is 39.7 Å². The van der Waals surface area contributed by atoms with E-state index < -0.39 is 0 Å². The van der Waals surface area contributed by atoms with E-state index in [0.717, 1.165) is 36.5 Å². The summed E-state index contributed by atoms with van der Waals surface area (Å²) in [5, 5.41) is 0. The Morgan fingerprint density at radius 3 is 2.59 bits per heavy atom. The number of rotatable bonds is 7. The van der Waals surface area contributed by atoms with Gasteiger partial charge in [0.25, 0.3) is 0 Å². The summed E-state index contributed by atoms with van der Waals surface area (Å²) in [5.74, 6) is 1.75. The second-order valence-electron chi connectivity index (χ2n) is 4.23. The summed E-state index contributed by atoms with van der Waals surface area (Å²) in [6.07, 6.45) is 1.83. The minimum Gasteiger partial charge on any atom is -0.493 e. The molecule has 0 aromatic heterocycles. The van der Waals surface area contributed by atoms with E-state index in [1.54, 1.807) is 0 Å². The van der Waals surface area contributed by atoms with Gasteiger partial charge in [0.15, 0.2) is 0 Å². The van der Waals surface area contributed by atoms with Crippen LogP contribution in [-0.2, 0) is 6.42 Å². The molecule has 2 N–H and O–H groups in total. The molecule has 0 saturated carbocycles. The van der Waals surface area contributed by atoms with Gasteiger partial charge in [-0.2, -0.15) is 0 Å². The summed E-state index contributed by atoms with van der Waals surface area (Å²) < 4.78 is 11.2. The average Bonchev–Trinajstić information content (AvgIpc) is 2.29. The van der Waals surface area contributed by atoms with E-state index in [1.807, 2.05) is 32.0 Å². The van der Waals surface area contributed by atoms with Gasteiger partial charge in [0, 0.05) is 12.1 Å². The van der Waals surface area contributed by atoms with Crippen LogP contribution in [0.4, 0.5) is 0 Å². The minimum absolute atomic E-state index is 0.136. The number of ether oxygens (including phenoxy) is 2. The van der Waals surface area contributed by atoms with Crippen molar-refractivity contribution >= 4 is 0 Å². The molecule has 0 aliphatic rings. The Morgan fingerprint density at radius 1 is 1.24 bits per heavy atom. The SMILES string of the molecule is CCCOc1ccc(CC(C)N)c(OCC)c1. The first-order valence-corrected chi connectivity index (χ1v) is 6.31. The van der Waals surface area contributed by atoms with E-state index in [9.17, 15) is 0 Å². The van der Waals surface area contributed by atoms with Crippen LogP contribution in [0.2, 0.25) is 0 Å². The highest BCUT2D eigenvalue weighted by Crippen LogP contribution is 2.26. The molecule has 17 heavy (non-hydrogen) atoms. The predicted molar refractivity (Wildman–Crippen MR) is 70.8 cm³/mol. The summed E-state index contributed by atoms with van der Waals surface area (Å²) in [6.45, 7) is 7.46. The minimum atomic E-state index is 0.136. The average molecular weight is 237 g/mol. The molecule has 0 fully saturated rings. The zero-order valence-electron chi connectivity index (χ0n) is 11.0. The van der Waals surface area contributed by atoms with E-state index in [4.69, 9.17) is 15.2 Å². The number of hydrogen-bond donors (Lipinski definition) is 1. The Bertz CT molecular complexity index is 337. The maximum atomic E-state index is 5.82. The Morgan fingerprint density at radius 2 is 2.00 bits per heavy atom. The maximum Gasteiger partial charge on any atom is 0.126 e. The van der Waals surface area contributed by atoms with Gasteiger partial charge < -0.3 is 15.2 Å². The molecule has 0 heterocycles. The third-order valence-electron chi connectivity index (χ3n) is 2.35. The van der Waals surface area contributed by atoms with Crippen molar-refractivity contribution in [3.63, 3.8) is 0 Å². The Labute approximate surface area is 104 Å². The van der Waals surface area contributed by atoms with Crippen molar-refractivity contribution in [1.29, 1.82) is 0 Å². The molecule has 0 aliphatic heterocycles. The Balaban J connectivity index is 2.83. The van der Waals surface area contributed by atoms with Gasteiger partial charge in [-0.1, -0.05) is 13.0 Å². The summed E-state index contributed by atoms with van der Waals surface area (Å²) >= 11 is 0. The van der Waals surface area contributed by atoms with Crippen LogP contribution in [0, 0.1) is 0 Å². The number of benzene rings is 1.